The van der Waals surface area contributed by atoms with E-state index in [2.05, 4.69) is 5.32 Å². The van der Waals surface area contributed by atoms with Crippen molar-refractivity contribution in [3.05, 3.63) is 22.4 Å². The molecule has 6 heteroatoms. The molecule has 110 valence electrons. The standard InChI is InChI=1S/C14H21N3O2S/c15-9-12-3-2-7-17(12)13(18)4-1-6-16-14(19)11-5-8-20-10-11/h5,8,10,12H,1-4,6-7,9,15H2,(H,16,19). The van der Waals surface area contributed by atoms with Crippen LogP contribution in [0.1, 0.15) is 36.0 Å². The normalized spacial score (nSPS) is 18.2. The summed E-state index contributed by atoms with van der Waals surface area (Å²) < 4.78 is 0. The van der Waals surface area contributed by atoms with Crippen LogP contribution in [0.5, 0.6) is 0 Å². The van der Waals surface area contributed by atoms with Crippen LogP contribution in [-0.4, -0.2) is 42.4 Å². The number of hydrogen-bond donors (Lipinski definition) is 2. The molecule has 1 saturated heterocycles. The summed E-state index contributed by atoms with van der Waals surface area (Å²) in [5.41, 5.74) is 6.35. The van der Waals surface area contributed by atoms with Gasteiger partial charge in [0.1, 0.15) is 0 Å². The van der Waals surface area contributed by atoms with Gasteiger partial charge < -0.3 is 16.0 Å². The van der Waals surface area contributed by atoms with Crippen molar-refractivity contribution in [3.8, 4) is 0 Å². The first kappa shape index (κ1) is 15.0. The lowest BCUT2D eigenvalue weighted by Gasteiger charge is -2.23. The van der Waals surface area contributed by atoms with Crippen LogP contribution < -0.4 is 11.1 Å². The zero-order chi connectivity index (χ0) is 14.4. The second kappa shape index (κ2) is 7.40. The topological polar surface area (TPSA) is 75.4 Å². The largest absolute Gasteiger partial charge is 0.352 e. The molecular weight excluding hydrogens is 274 g/mol. The molecule has 1 atom stereocenters. The summed E-state index contributed by atoms with van der Waals surface area (Å²) >= 11 is 1.50. The Morgan fingerprint density at radius 2 is 2.35 bits per heavy atom. The Balaban J connectivity index is 1.66. The van der Waals surface area contributed by atoms with E-state index in [0.29, 0.717) is 31.5 Å². The first-order chi connectivity index (χ1) is 9.72. The van der Waals surface area contributed by atoms with Crippen LogP contribution in [0, 0.1) is 0 Å². The number of thiophene rings is 1. The molecular formula is C14H21N3O2S. The molecule has 1 unspecified atom stereocenters. The minimum absolute atomic E-state index is 0.0697. The maximum absolute atomic E-state index is 12.0. The van der Waals surface area contributed by atoms with Gasteiger partial charge in [-0.05, 0) is 30.7 Å². The van der Waals surface area contributed by atoms with Gasteiger partial charge in [0.15, 0.2) is 0 Å². The van der Waals surface area contributed by atoms with E-state index in [4.69, 9.17) is 5.73 Å². The molecule has 1 fully saturated rings. The second-order valence-electron chi connectivity index (χ2n) is 4.99. The van der Waals surface area contributed by atoms with Crippen LogP contribution >= 0.6 is 11.3 Å². The van der Waals surface area contributed by atoms with Gasteiger partial charge >= 0.3 is 0 Å². The van der Waals surface area contributed by atoms with Crippen molar-refractivity contribution in [3.63, 3.8) is 0 Å². The van der Waals surface area contributed by atoms with Crippen molar-refractivity contribution < 1.29 is 9.59 Å². The average Bonchev–Trinajstić information content (AvgIpc) is 3.12. The molecule has 3 N–H and O–H groups in total. The first-order valence-electron chi connectivity index (χ1n) is 7.02. The third-order valence-corrected chi connectivity index (χ3v) is 4.29. The highest BCUT2D eigenvalue weighted by atomic mass is 32.1. The van der Waals surface area contributed by atoms with E-state index in [1.54, 1.807) is 6.07 Å². The number of rotatable bonds is 6. The van der Waals surface area contributed by atoms with E-state index in [0.717, 1.165) is 19.4 Å². The van der Waals surface area contributed by atoms with E-state index < -0.39 is 0 Å². The molecule has 2 heterocycles. The van der Waals surface area contributed by atoms with Crippen LogP contribution in [0.4, 0.5) is 0 Å². The Bertz CT molecular complexity index is 447. The maximum Gasteiger partial charge on any atom is 0.252 e. The molecule has 0 spiro atoms. The third kappa shape index (κ3) is 3.80. The minimum atomic E-state index is -0.0697. The molecule has 2 amide bonds. The lowest BCUT2D eigenvalue weighted by molar-refractivity contribution is -0.131. The quantitative estimate of drug-likeness (QED) is 0.775. The number of nitrogens with two attached hydrogens (primary N) is 1. The first-order valence-corrected chi connectivity index (χ1v) is 7.96. The molecule has 1 aromatic heterocycles. The number of carbonyl (C=O) groups excluding carboxylic acids is 2. The lowest BCUT2D eigenvalue weighted by atomic mass is 10.2. The molecule has 1 aliphatic rings. The Morgan fingerprint density at radius 3 is 3.05 bits per heavy atom. The highest BCUT2D eigenvalue weighted by Crippen LogP contribution is 2.17. The summed E-state index contributed by atoms with van der Waals surface area (Å²) in [6.07, 6.45) is 3.20. The smallest absolute Gasteiger partial charge is 0.252 e. The number of nitrogens with zero attached hydrogens (tertiary/aromatic N) is 1. The van der Waals surface area contributed by atoms with Crippen LogP contribution in [-0.2, 0) is 4.79 Å². The van der Waals surface area contributed by atoms with E-state index in [9.17, 15) is 9.59 Å². The molecule has 1 aromatic rings. The fourth-order valence-electron chi connectivity index (χ4n) is 2.49. The number of nitrogens with one attached hydrogen (secondary N) is 1. The molecule has 2 rings (SSSR count). The second-order valence-corrected chi connectivity index (χ2v) is 5.77. The van der Waals surface area contributed by atoms with E-state index in [-0.39, 0.29) is 17.9 Å². The van der Waals surface area contributed by atoms with E-state index in [1.807, 2.05) is 15.7 Å². The Labute approximate surface area is 123 Å². The summed E-state index contributed by atoms with van der Waals surface area (Å²) in [6.45, 7) is 1.89. The van der Waals surface area contributed by atoms with Gasteiger partial charge in [-0.2, -0.15) is 11.3 Å². The molecule has 1 aliphatic heterocycles. The zero-order valence-corrected chi connectivity index (χ0v) is 12.3. The summed E-state index contributed by atoms with van der Waals surface area (Å²) in [7, 11) is 0. The van der Waals surface area contributed by atoms with Gasteiger partial charge in [0.2, 0.25) is 5.91 Å². The minimum Gasteiger partial charge on any atom is -0.352 e. The van der Waals surface area contributed by atoms with Gasteiger partial charge in [0, 0.05) is 43.0 Å². The molecule has 0 saturated carbocycles. The molecule has 0 aliphatic carbocycles. The third-order valence-electron chi connectivity index (χ3n) is 3.61. The Morgan fingerprint density at radius 1 is 1.50 bits per heavy atom. The van der Waals surface area contributed by atoms with Crippen molar-refractivity contribution in [2.24, 2.45) is 5.73 Å². The number of hydrogen-bond acceptors (Lipinski definition) is 4. The monoisotopic (exact) mass is 295 g/mol. The Kier molecular flexibility index (Phi) is 5.55. The fraction of sp³-hybridized carbons (Fsp3) is 0.571. The van der Waals surface area contributed by atoms with Crippen molar-refractivity contribution >= 4 is 23.2 Å². The van der Waals surface area contributed by atoms with Gasteiger partial charge in [-0.15, -0.1) is 0 Å². The van der Waals surface area contributed by atoms with Gasteiger partial charge in [-0.25, -0.2) is 0 Å². The Hall–Kier alpha value is -1.40. The molecule has 0 aromatic carbocycles. The predicted molar refractivity (Wildman–Crippen MR) is 79.7 cm³/mol. The predicted octanol–water partition coefficient (Wildman–Crippen LogP) is 1.21. The van der Waals surface area contributed by atoms with Crippen molar-refractivity contribution in [1.29, 1.82) is 0 Å². The van der Waals surface area contributed by atoms with Crippen LogP contribution in [0.25, 0.3) is 0 Å². The molecule has 0 bridgehead atoms. The highest BCUT2D eigenvalue weighted by molar-refractivity contribution is 7.08. The van der Waals surface area contributed by atoms with E-state index in [1.165, 1.54) is 11.3 Å². The SMILES string of the molecule is NCC1CCCN1C(=O)CCCNC(=O)c1ccsc1. The van der Waals surface area contributed by atoms with Crippen molar-refractivity contribution in [2.75, 3.05) is 19.6 Å². The number of carbonyl (C=O) groups is 2. The van der Waals surface area contributed by atoms with Gasteiger partial charge in [0.05, 0.1) is 0 Å². The summed E-state index contributed by atoms with van der Waals surface area (Å²) in [6, 6.07) is 2.00. The lowest BCUT2D eigenvalue weighted by Crippen LogP contribution is -2.40. The number of amides is 2. The molecule has 5 nitrogen and oxygen atoms in total. The van der Waals surface area contributed by atoms with E-state index >= 15 is 0 Å². The van der Waals surface area contributed by atoms with Gasteiger partial charge in [0.25, 0.3) is 5.91 Å². The van der Waals surface area contributed by atoms with Gasteiger partial charge in [-0.1, -0.05) is 0 Å². The maximum atomic E-state index is 12.0. The van der Waals surface area contributed by atoms with Crippen LogP contribution in [0.15, 0.2) is 16.8 Å². The summed E-state index contributed by atoms with van der Waals surface area (Å²) in [5, 5.41) is 6.52. The van der Waals surface area contributed by atoms with Crippen LogP contribution in [0.3, 0.4) is 0 Å². The molecule has 0 radical (unpaired) electrons. The average molecular weight is 295 g/mol. The fourth-order valence-corrected chi connectivity index (χ4v) is 3.13. The zero-order valence-electron chi connectivity index (χ0n) is 11.5. The summed E-state index contributed by atoms with van der Waals surface area (Å²) in [5.74, 6) is 0.0856. The number of likely N-dealkylation sites (tertiary alicyclic amines) is 1. The molecule has 20 heavy (non-hydrogen) atoms. The summed E-state index contributed by atoms with van der Waals surface area (Å²) in [4.78, 5) is 25.6. The van der Waals surface area contributed by atoms with Crippen molar-refractivity contribution in [1.82, 2.24) is 10.2 Å². The van der Waals surface area contributed by atoms with Crippen LogP contribution in [0.2, 0.25) is 0 Å². The van der Waals surface area contributed by atoms with Crippen molar-refractivity contribution in [2.45, 2.75) is 31.7 Å². The van der Waals surface area contributed by atoms with Gasteiger partial charge in [-0.3, -0.25) is 9.59 Å². The highest BCUT2D eigenvalue weighted by Gasteiger charge is 2.26.